The fourth-order valence-corrected chi connectivity index (χ4v) is 3.26. The SMILES string of the molecule is CC(C)c1cccc(NC(=O)CNc2cc(Cl)ccc2N2CCOCC2)c1. The largest absolute Gasteiger partial charge is 0.378 e. The van der Waals surface area contributed by atoms with Crippen LogP contribution in [0.3, 0.4) is 0 Å². The van der Waals surface area contributed by atoms with Crippen molar-refractivity contribution in [1.82, 2.24) is 0 Å². The number of amides is 1. The summed E-state index contributed by atoms with van der Waals surface area (Å²) in [7, 11) is 0. The van der Waals surface area contributed by atoms with Gasteiger partial charge in [0.15, 0.2) is 0 Å². The van der Waals surface area contributed by atoms with Crippen LogP contribution in [0.5, 0.6) is 0 Å². The van der Waals surface area contributed by atoms with Gasteiger partial charge in [-0.1, -0.05) is 37.6 Å². The average Bonchev–Trinajstić information content (AvgIpc) is 2.67. The van der Waals surface area contributed by atoms with E-state index in [-0.39, 0.29) is 12.5 Å². The molecule has 0 aliphatic carbocycles. The second-order valence-electron chi connectivity index (χ2n) is 6.94. The van der Waals surface area contributed by atoms with Gasteiger partial charge in [-0.2, -0.15) is 0 Å². The van der Waals surface area contributed by atoms with E-state index in [1.807, 2.05) is 36.4 Å². The van der Waals surface area contributed by atoms with E-state index >= 15 is 0 Å². The van der Waals surface area contributed by atoms with Crippen LogP contribution in [-0.2, 0) is 9.53 Å². The standard InChI is InChI=1S/C21H26ClN3O2/c1-15(2)16-4-3-5-18(12-16)24-21(26)14-23-19-13-17(22)6-7-20(19)25-8-10-27-11-9-25/h3-7,12-13,15,23H,8-11,14H2,1-2H3,(H,24,26). The molecule has 1 aliphatic rings. The summed E-state index contributed by atoms with van der Waals surface area (Å²) in [6.45, 7) is 7.49. The van der Waals surface area contributed by atoms with Crippen molar-refractivity contribution in [3.05, 3.63) is 53.1 Å². The Kier molecular flexibility index (Phi) is 6.58. The van der Waals surface area contributed by atoms with Gasteiger partial charge in [0.05, 0.1) is 31.1 Å². The van der Waals surface area contributed by atoms with Gasteiger partial charge in [0.2, 0.25) is 5.91 Å². The van der Waals surface area contributed by atoms with Crippen molar-refractivity contribution in [2.75, 3.05) is 48.4 Å². The third-order valence-electron chi connectivity index (χ3n) is 4.59. The number of anilines is 3. The lowest BCUT2D eigenvalue weighted by Crippen LogP contribution is -2.36. The molecule has 2 aromatic carbocycles. The minimum Gasteiger partial charge on any atom is -0.378 e. The predicted molar refractivity (Wildman–Crippen MR) is 112 cm³/mol. The Hall–Kier alpha value is -2.24. The third-order valence-corrected chi connectivity index (χ3v) is 4.82. The highest BCUT2D eigenvalue weighted by Gasteiger charge is 2.15. The first-order valence-corrected chi connectivity index (χ1v) is 9.66. The first kappa shape index (κ1) is 19.5. The van der Waals surface area contributed by atoms with Crippen LogP contribution in [0, 0.1) is 0 Å². The second kappa shape index (κ2) is 9.11. The van der Waals surface area contributed by atoms with E-state index in [2.05, 4.69) is 35.4 Å². The van der Waals surface area contributed by atoms with Gasteiger partial charge in [0.25, 0.3) is 0 Å². The molecule has 5 nitrogen and oxygen atoms in total. The summed E-state index contributed by atoms with van der Waals surface area (Å²) in [4.78, 5) is 14.6. The molecule has 1 fully saturated rings. The van der Waals surface area contributed by atoms with Gasteiger partial charge in [0.1, 0.15) is 0 Å². The number of hydrogen-bond donors (Lipinski definition) is 2. The number of morpholine rings is 1. The van der Waals surface area contributed by atoms with Crippen molar-refractivity contribution in [2.45, 2.75) is 19.8 Å². The summed E-state index contributed by atoms with van der Waals surface area (Å²) >= 11 is 6.16. The van der Waals surface area contributed by atoms with Crippen molar-refractivity contribution in [3.63, 3.8) is 0 Å². The molecule has 0 spiro atoms. The van der Waals surface area contributed by atoms with E-state index in [0.717, 1.165) is 30.2 Å². The Balaban J connectivity index is 1.64. The van der Waals surface area contributed by atoms with Gasteiger partial charge >= 0.3 is 0 Å². The highest BCUT2D eigenvalue weighted by Crippen LogP contribution is 2.29. The maximum absolute atomic E-state index is 12.4. The van der Waals surface area contributed by atoms with Crippen LogP contribution in [-0.4, -0.2) is 38.8 Å². The van der Waals surface area contributed by atoms with Gasteiger partial charge in [-0.3, -0.25) is 4.79 Å². The monoisotopic (exact) mass is 387 g/mol. The van der Waals surface area contributed by atoms with Crippen molar-refractivity contribution < 1.29 is 9.53 Å². The van der Waals surface area contributed by atoms with E-state index in [9.17, 15) is 4.79 Å². The molecule has 0 aromatic heterocycles. The number of ether oxygens (including phenoxy) is 1. The molecule has 27 heavy (non-hydrogen) atoms. The van der Waals surface area contributed by atoms with Crippen molar-refractivity contribution in [1.29, 1.82) is 0 Å². The number of halogens is 1. The van der Waals surface area contributed by atoms with Crippen molar-refractivity contribution in [3.8, 4) is 0 Å². The molecule has 2 N–H and O–H groups in total. The normalized spacial score (nSPS) is 14.3. The lowest BCUT2D eigenvalue weighted by atomic mass is 10.0. The molecule has 0 unspecified atom stereocenters. The summed E-state index contributed by atoms with van der Waals surface area (Å²) in [6.07, 6.45) is 0. The number of rotatable bonds is 6. The Morgan fingerprint density at radius 1 is 1.19 bits per heavy atom. The molecule has 2 aromatic rings. The molecule has 0 saturated carbocycles. The van der Waals surface area contributed by atoms with Crippen LogP contribution < -0.4 is 15.5 Å². The molecule has 1 saturated heterocycles. The van der Waals surface area contributed by atoms with Crippen LogP contribution in [0.2, 0.25) is 5.02 Å². The first-order valence-electron chi connectivity index (χ1n) is 9.29. The number of nitrogens with one attached hydrogen (secondary N) is 2. The molecule has 6 heteroatoms. The minimum absolute atomic E-state index is 0.0937. The minimum atomic E-state index is -0.0937. The Morgan fingerprint density at radius 3 is 2.70 bits per heavy atom. The van der Waals surface area contributed by atoms with E-state index in [0.29, 0.717) is 24.2 Å². The highest BCUT2D eigenvalue weighted by molar-refractivity contribution is 6.31. The van der Waals surface area contributed by atoms with Gasteiger partial charge in [0, 0.05) is 23.8 Å². The predicted octanol–water partition coefficient (Wildman–Crippen LogP) is 4.35. The molecular formula is C21H26ClN3O2. The van der Waals surface area contributed by atoms with Crippen molar-refractivity contribution in [2.24, 2.45) is 0 Å². The van der Waals surface area contributed by atoms with E-state index < -0.39 is 0 Å². The van der Waals surface area contributed by atoms with Gasteiger partial charge < -0.3 is 20.3 Å². The quantitative estimate of drug-likeness (QED) is 0.773. The fraction of sp³-hybridized carbons (Fsp3) is 0.381. The Morgan fingerprint density at radius 2 is 1.96 bits per heavy atom. The zero-order valence-electron chi connectivity index (χ0n) is 15.8. The molecule has 1 amide bonds. The smallest absolute Gasteiger partial charge is 0.243 e. The molecule has 0 atom stereocenters. The zero-order chi connectivity index (χ0) is 19.2. The maximum atomic E-state index is 12.4. The molecule has 144 valence electrons. The topological polar surface area (TPSA) is 53.6 Å². The second-order valence-corrected chi connectivity index (χ2v) is 7.38. The van der Waals surface area contributed by atoms with E-state index in [1.165, 1.54) is 5.56 Å². The lowest BCUT2D eigenvalue weighted by Gasteiger charge is -2.30. The number of hydrogen-bond acceptors (Lipinski definition) is 4. The Labute approximate surface area is 165 Å². The molecular weight excluding hydrogens is 362 g/mol. The fourth-order valence-electron chi connectivity index (χ4n) is 3.09. The summed E-state index contributed by atoms with van der Waals surface area (Å²) in [5.74, 6) is 0.325. The molecule has 1 heterocycles. The van der Waals surface area contributed by atoms with Crippen LogP contribution in [0.4, 0.5) is 17.1 Å². The van der Waals surface area contributed by atoms with Crippen LogP contribution >= 0.6 is 11.6 Å². The van der Waals surface area contributed by atoms with Crippen LogP contribution in [0.25, 0.3) is 0 Å². The summed E-state index contributed by atoms with van der Waals surface area (Å²) < 4.78 is 5.42. The molecule has 0 radical (unpaired) electrons. The summed E-state index contributed by atoms with van der Waals surface area (Å²) in [5.41, 5.74) is 3.91. The van der Waals surface area contributed by atoms with Crippen LogP contribution in [0.15, 0.2) is 42.5 Å². The maximum Gasteiger partial charge on any atom is 0.243 e. The third kappa shape index (κ3) is 5.37. The molecule has 0 bridgehead atoms. The molecule has 3 rings (SSSR count). The Bertz CT molecular complexity index is 789. The van der Waals surface area contributed by atoms with E-state index in [4.69, 9.17) is 16.3 Å². The average molecular weight is 388 g/mol. The van der Waals surface area contributed by atoms with E-state index in [1.54, 1.807) is 0 Å². The van der Waals surface area contributed by atoms with Crippen LogP contribution in [0.1, 0.15) is 25.3 Å². The molecule has 1 aliphatic heterocycles. The van der Waals surface area contributed by atoms with Gasteiger partial charge in [-0.15, -0.1) is 0 Å². The number of nitrogens with zero attached hydrogens (tertiary/aromatic N) is 1. The lowest BCUT2D eigenvalue weighted by molar-refractivity contribution is -0.114. The first-order chi connectivity index (χ1) is 13.0. The van der Waals surface area contributed by atoms with Crippen molar-refractivity contribution >= 4 is 34.6 Å². The number of benzene rings is 2. The number of carbonyl (C=O) groups excluding carboxylic acids is 1. The zero-order valence-corrected chi connectivity index (χ0v) is 16.6. The highest BCUT2D eigenvalue weighted by atomic mass is 35.5. The van der Waals surface area contributed by atoms with Gasteiger partial charge in [-0.25, -0.2) is 0 Å². The van der Waals surface area contributed by atoms with Gasteiger partial charge in [-0.05, 0) is 41.8 Å². The summed E-state index contributed by atoms with van der Waals surface area (Å²) in [6, 6.07) is 13.7. The number of carbonyl (C=O) groups is 1. The summed E-state index contributed by atoms with van der Waals surface area (Å²) in [5, 5.41) is 6.82.